The second kappa shape index (κ2) is 10.3. The first-order chi connectivity index (χ1) is 25.8. The van der Waals surface area contributed by atoms with Crippen LogP contribution in [0.2, 0.25) is 0 Å². The number of benzene rings is 7. The lowest BCUT2D eigenvalue weighted by atomic mass is 9.66. The molecule has 10 aromatic rings. The van der Waals surface area contributed by atoms with Crippen LogP contribution < -0.4 is 4.74 Å². The average molecular weight is 683 g/mol. The van der Waals surface area contributed by atoms with Crippen molar-refractivity contribution in [1.29, 1.82) is 0 Å². The molecule has 12 rings (SSSR count). The third-order valence-electron chi connectivity index (χ3n) is 11.0. The summed E-state index contributed by atoms with van der Waals surface area (Å²) < 4.78 is 15.0. The molecule has 242 valence electrons. The van der Waals surface area contributed by atoms with Crippen LogP contribution >= 0.6 is 11.3 Å². The summed E-state index contributed by atoms with van der Waals surface area (Å²) >= 11 is 1.76. The standard InChI is InChI=1S/C47H26N2O2S/c1-4-14-34-29(11-1)30-23-21-27(26-37(30)47(34)35-15-5-8-18-40(35)51-41-19-9-6-16-36(41)47)43-45-44(32-13-3-10-20-42(32)52-45)49-46(48-43)28-22-24-39-33(25-28)31-12-2-7-17-38(31)50-39/h1-26H. The third kappa shape index (κ3) is 3.65. The Morgan fingerprint density at radius 3 is 1.98 bits per heavy atom. The fourth-order valence-corrected chi connectivity index (χ4v) is 9.94. The molecule has 2 aliphatic rings. The van der Waals surface area contributed by atoms with Crippen LogP contribution in [0.1, 0.15) is 22.3 Å². The summed E-state index contributed by atoms with van der Waals surface area (Å²) in [5.74, 6) is 2.46. The van der Waals surface area contributed by atoms with Gasteiger partial charge < -0.3 is 9.15 Å². The number of fused-ring (bicyclic) bond motifs is 15. The topological polar surface area (TPSA) is 48.2 Å². The molecule has 5 heteroatoms. The first-order valence-corrected chi connectivity index (χ1v) is 18.3. The number of ether oxygens (including phenoxy) is 1. The molecule has 0 bridgehead atoms. The van der Waals surface area contributed by atoms with Crippen molar-refractivity contribution in [2.45, 2.75) is 5.41 Å². The molecule has 0 saturated heterocycles. The maximum atomic E-state index is 6.59. The van der Waals surface area contributed by atoms with Gasteiger partial charge in [-0.15, -0.1) is 11.3 Å². The minimum absolute atomic E-state index is 0.560. The second-order valence-corrected chi connectivity index (χ2v) is 14.7. The van der Waals surface area contributed by atoms with Crippen molar-refractivity contribution in [1.82, 2.24) is 9.97 Å². The highest BCUT2D eigenvalue weighted by Gasteiger charge is 2.51. The molecule has 3 aromatic heterocycles. The minimum Gasteiger partial charge on any atom is -0.457 e. The fraction of sp³-hybridized carbons (Fsp3) is 0.0213. The van der Waals surface area contributed by atoms with E-state index in [1.54, 1.807) is 11.3 Å². The number of nitrogens with zero attached hydrogens (tertiary/aromatic N) is 2. The van der Waals surface area contributed by atoms with Gasteiger partial charge in [-0.1, -0.05) is 109 Å². The summed E-state index contributed by atoms with van der Waals surface area (Å²) in [6, 6.07) is 55.8. The average Bonchev–Trinajstić information content (AvgIpc) is 3.86. The van der Waals surface area contributed by atoms with Crippen LogP contribution in [0.15, 0.2) is 162 Å². The summed E-state index contributed by atoms with van der Waals surface area (Å²) in [5, 5.41) is 3.28. The van der Waals surface area contributed by atoms with Gasteiger partial charge in [0.2, 0.25) is 0 Å². The Kier molecular flexibility index (Phi) is 5.55. The predicted molar refractivity (Wildman–Crippen MR) is 210 cm³/mol. The van der Waals surface area contributed by atoms with E-state index in [0.29, 0.717) is 5.82 Å². The van der Waals surface area contributed by atoms with Crippen LogP contribution in [0.3, 0.4) is 0 Å². The maximum absolute atomic E-state index is 6.59. The summed E-state index contributed by atoms with van der Waals surface area (Å²) in [7, 11) is 0. The van der Waals surface area contributed by atoms with Crippen LogP contribution in [0, 0.1) is 0 Å². The molecule has 0 atom stereocenters. The summed E-state index contributed by atoms with van der Waals surface area (Å²) in [5.41, 5.74) is 12.3. The van der Waals surface area contributed by atoms with Crippen molar-refractivity contribution < 1.29 is 9.15 Å². The Hall–Kier alpha value is -6.56. The van der Waals surface area contributed by atoms with Crippen molar-refractivity contribution >= 4 is 53.6 Å². The molecule has 4 heterocycles. The minimum atomic E-state index is -0.560. The molecule has 0 N–H and O–H groups in total. The number of rotatable bonds is 2. The molecule has 0 amide bonds. The zero-order chi connectivity index (χ0) is 34.0. The Labute approximate surface area is 302 Å². The highest BCUT2D eigenvalue weighted by molar-refractivity contribution is 7.26. The van der Waals surface area contributed by atoms with E-state index in [0.717, 1.165) is 77.0 Å². The number of hydrogen-bond donors (Lipinski definition) is 0. The monoisotopic (exact) mass is 682 g/mol. The maximum Gasteiger partial charge on any atom is 0.160 e. The van der Waals surface area contributed by atoms with Gasteiger partial charge in [-0.05, 0) is 70.8 Å². The van der Waals surface area contributed by atoms with E-state index in [1.165, 1.54) is 27.0 Å². The van der Waals surface area contributed by atoms with Gasteiger partial charge in [-0.2, -0.15) is 0 Å². The van der Waals surface area contributed by atoms with Gasteiger partial charge in [0, 0.05) is 43.1 Å². The molecule has 0 fully saturated rings. The van der Waals surface area contributed by atoms with Crippen LogP contribution in [-0.2, 0) is 5.41 Å². The van der Waals surface area contributed by atoms with E-state index in [1.807, 2.05) is 18.2 Å². The van der Waals surface area contributed by atoms with Crippen molar-refractivity contribution in [3.8, 4) is 45.3 Å². The molecule has 1 spiro atoms. The molecular weight excluding hydrogens is 657 g/mol. The van der Waals surface area contributed by atoms with E-state index in [4.69, 9.17) is 19.1 Å². The number of hydrogen-bond acceptors (Lipinski definition) is 5. The molecule has 0 radical (unpaired) electrons. The highest BCUT2D eigenvalue weighted by Crippen LogP contribution is 2.62. The fourth-order valence-electron chi connectivity index (χ4n) is 8.78. The number of furan rings is 1. The SMILES string of the molecule is c1ccc2c(c1)Oc1ccccc1C21c2ccccc2-c2ccc(-c3nc(-c4ccc5oc6ccccc6c5c4)nc4c3sc3ccccc34)cc21. The van der Waals surface area contributed by atoms with Crippen LogP contribution in [0.5, 0.6) is 11.5 Å². The predicted octanol–water partition coefficient (Wildman–Crippen LogP) is 12.5. The Bertz CT molecular complexity index is 3090. The Morgan fingerprint density at radius 2 is 1.13 bits per heavy atom. The molecule has 52 heavy (non-hydrogen) atoms. The summed E-state index contributed by atoms with van der Waals surface area (Å²) in [4.78, 5) is 10.7. The highest BCUT2D eigenvalue weighted by atomic mass is 32.1. The molecule has 4 nitrogen and oxygen atoms in total. The van der Waals surface area contributed by atoms with Crippen LogP contribution in [0.4, 0.5) is 0 Å². The first-order valence-electron chi connectivity index (χ1n) is 17.5. The van der Waals surface area contributed by atoms with E-state index >= 15 is 0 Å². The van der Waals surface area contributed by atoms with E-state index in [-0.39, 0.29) is 0 Å². The Balaban J connectivity index is 1.15. The van der Waals surface area contributed by atoms with Crippen molar-refractivity contribution in [2.75, 3.05) is 0 Å². The van der Waals surface area contributed by atoms with Crippen molar-refractivity contribution in [3.63, 3.8) is 0 Å². The molecule has 1 aliphatic heterocycles. The van der Waals surface area contributed by atoms with Gasteiger partial charge in [-0.25, -0.2) is 9.97 Å². The second-order valence-electron chi connectivity index (χ2n) is 13.6. The molecular formula is C47H26N2O2S. The molecule has 1 aliphatic carbocycles. The van der Waals surface area contributed by atoms with Gasteiger partial charge in [0.05, 0.1) is 21.3 Å². The third-order valence-corrected chi connectivity index (χ3v) is 12.1. The largest absolute Gasteiger partial charge is 0.457 e. The van der Waals surface area contributed by atoms with Gasteiger partial charge in [0.1, 0.15) is 22.7 Å². The zero-order valence-corrected chi connectivity index (χ0v) is 28.4. The smallest absolute Gasteiger partial charge is 0.160 e. The summed E-state index contributed by atoms with van der Waals surface area (Å²) in [6.45, 7) is 0. The van der Waals surface area contributed by atoms with Gasteiger partial charge >= 0.3 is 0 Å². The Morgan fingerprint density at radius 1 is 0.481 bits per heavy atom. The lowest BCUT2D eigenvalue weighted by molar-refractivity contribution is 0.436. The summed E-state index contributed by atoms with van der Waals surface area (Å²) in [6.07, 6.45) is 0. The van der Waals surface area contributed by atoms with E-state index < -0.39 is 5.41 Å². The van der Waals surface area contributed by atoms with Gasteiger partial charge in [0.15, 0.2) is 5.82 Å². The van der Waals surface area contributed by atoms with Gasteiger partial charge in [-0.3, -0.25) is 0 Å². The van der Waals surface area contributed by atoms with E-state index in [9.17, 15) is 0 Å². The molecule has 0 saturated carbocycles. The van der Waals surface area contributed by atoms with E-state index in [2.05, 4.69) is 140 Å². The van der Waals surface area contributed by atoms with Crippen molar-refractivity contribution in [3.05, 3.63) is 180 Å². The molecule has 7 aromatic carbocycles. The van der Waals surface area contributed by atoms with Gasteiger partial charge in [0.25, 0.3) is 0 Å². The van der Waals surface area contributed by atoms with Crippen molar-refractivity contribution in [2.24, 2.45) is 0 Å². The quantitative estimate of drug-likeness (QED) is 0.182. The molecule has 0 unspecified atom stereocenters. The number of thiophene rings is 1. The number of para-hydroxylation sites is 3. The van der Waals surface area contributed by atoms with Crippen LogP contribution in [0.25, 0.3) is 76.0 Å². The lowest BCUT2D eigenvalue weighted by Gasteiger charge is -2.39. The first kappa shape index (κ1) is 28.2. The number of aromatic nitrogens is 2. The zero-order valence-electron chi connectivity index (χ0n) is 27.6. The normalized spacial score (nSPS) is 13.7. The lowest BCUT2D eigenvalue weighted by Crippen LogP contribution is -2.32. The van der Waals surface area contributed by atoms with Crippen LogP contribution in [-0.4, -0.2) is 9.97 Å².